The lowest BCUT2D eigenvalue weighted by atomic mass is 9.96. The molecule has 6 nitrogen and oxygen atoms in total. The first-order valence-corrected chi connectivity index (χ1v) is 9.83. The van der Waals surface area contributed by atoms with E-state index >= 15 is 0 Å². The largest absolute Gasteiger partial charge is 0.279 e. The Morgan fingerprint density at radius 3 is 2.58 bits per heavy atom. The third-order valence-electron chi connectivity index (χ3n) is 4.57. The highest BCUT2D eigenvalue weighted by Crippen LogP contribution is 2.23. The molecule has 7 heteroatoms. The lowest BCUT2D eigenvalue weighted by Gasteiger charge is -2.30. The van der Waals surface area contributed by atoms with E-state index in [-0.39, 0.29) is 12.6 Å². The number of aromatic nitrogens is 2. The minimum absolute atomic E-state index is 0.109. The summed E-state index contributed by atoms with van der Waals surface area (Å²) in [5, 5.41) is 4.43. The van der Waals surface area contributed by atoms with Crippen molar-refractivity contribution in [2.75, 3.05) is 7.05 Å². The minimum atomic E-state index is -3.48. The summed E-state index contributed by atoms with van der Waals surface area (Å²) in [6.07, 6.45) is 7.14. The highest BCUT2D eigenvalue weighted by atomic mass is 32.2. The maximum Gasteiger partial charge on any atom is 0.279 e. The number of para-hydroxylation sites is 1. The summed E-state index contributed by atoms with van der Waals surface area (Å²) < 4.78 is 30.8. The topological polar surface area (TPSA) is 67.2 Å². The zero-order valence-corrected chi connectivity index (χ0v) is 14.7. The van der Waals surface area contributed by atoms with E-state index in [2.05, 4.69) is 9.82 Å². The number of benzene rings is 1. The number of nitrogens with zero attached hydrogens (tertiary/aromatic N) is 3. The van der Waals surface area contributed by atoms with Gasteiger partial charge >= 0.3 is 0 Å². The van der Waals surface area contributed by atoms with Crippen molar-refractivity contribution in [3.8, 4) is 5.69 Å². The molecule has 0 spiro atoms. The highest BCUT2D eigenvalue weighted by Gasteiger charge is 2.27. The molecule has 0 unspecified atom stereocenters. The Balaban J connectivity index is 1.61. The Labute approximate surface area is 143 Å². The van der Waals surface area contributed by atoms with Crippen molar-refractivity contribution in [1.82, 2.24) is 18.8 Å². The molecule has 3 rings (SSSR count). The zero-order chi connectivity index (χ0) is 17.0. The molecule has 0 bridgehead atoms. The fourth-order valence-electron chi connectivity index (χ4n) is 3.09. The molecule has 24 heavy (non-hydrogen) atoms. The Kier molecular flexibility index (Phi) is 5.33. The van der Waals surface area contributed by atoms with Gasteiger partial charge in [-0.25, -0.2) is 4.68 Å². The van der Waals surface area contributed by atoms with Gasteiger partial charge in [0.1, 0.15) is 0 Å². The molecule has 130 valence electrons. The first kappa shape index (κ1) is 17.1. The van der Waals surface area contributed by atoms with Crippen LogP contribution in [0.3, 0.4) is 0 Å². The second-order valence-electron chi connectivity index (χ2n) is 6.22. The second-order valence-corrected chi connectivity index (χ2v) is 8.04. The van der Waals surface area contributed by atoms with Crippen LogP contribution in [0, 0.1) is 0 Å². The molecule has 0 atom stereocenters. The maximum absolute atomic E-state index is 12.5. The average molecular weight is 348 g/mol. The van der Waals surface area contributed by atoms with Crippen LogP contribution in [-0.2, 0) is 16.8 Å². The van der Waals surface area contributed by atoms with Crippen LogP contribution in [0.1, 0.15) is 37.8 Å². The molecule has 0 amide bonds. The lowest BCUT2D eigenvalue weighted by molar-refractivity contribution is 0.283. The van der Waals surface area contributed by atoms with Crippen molar-refractivity contribution in [3.63, 3.8) is 0 Å². The van der Waals surface area contributed by atoms with Crippen LogP contribution in [0.2, 0.25) is 0 Å². The lowest BCUT2D eigenvalue weighted by Crippen LogP contribution is -2.44. The number of rotatable bonds is 6. The molecule has 1 aromatic heterocycles. The van der Waals surface area contributed by atoms with Crippen molar-refractivity contribution in [3.05, 3.63) is 48.3 Å². The van der Waals surface area contributed by atoms with Gasteiger partial charge < -0.3 is 0 Å². The Hall–Kier alpha value is -1.70. The molecule has 1 aliphatic carbocycles. The van der Waals surface area contributed by atoms with Gasteiger partial charge in [0.2, 0.25) is 0 Å². The second kappa shape index (κ2) is 7.46. The minimum Gasteiger partial charge on any atom is -0.241 e. The van der Waals surface area contributed by atoms with Crippen LogP contribution < -0.4 is 4.72 Å². The third kappa shape index (κ3) is 4.03. The van der Waals surface area contributed by atoms with Gasteiger partial charge in [0.15, 0.2) is 0 Å². The van der Waals surface area contributed by atoms with Crippen molar-refractivity contribution in [2.45, 2.75) is 44.7 Å². The first-order chi connectivity index (χ1) is 11.6. The van der Waals surface area contributed by atoms with E-state index in [1.807, 2.05) is 42.6 Å². The van der Waals surface area contributed by atoms with Crippen LogP contribution >= 0.6 is 0 Å². The van der Waals surface area contributed by atoms with Crippen molar-refractivity contribution in [1.29, 1.82) is 0 Å². The van der Waals surface area contributed by atoms with Crippen LogP contribution in [0.25, 0.3) is 5.69 Å². The fourth-order valence-corrected chi connectivity index (χ4v) is 4.23. The molecule has 1 aliphatic rings. The Morgan fingerprint density at radius 2 is 1.88 bits per heavy atom. The van der Waals surface area contributed by atoms with Crippen molar-refractivity contribution < 1.29 is 8.42 Å². The van der Waals surface area contributed by atoms with E-state index in [0.717, 1.165) is 31.4 Å². The monoisotopic (exact) mass is 348 g/mol. The van der Waals surface area contributed by atoms with Gasteiger partial charge in [0.05, 0.1) is 17.9 Å². The molecule has 1 N–H and O–H groups in total. The molecule has 0 aliphatic heterocycles. The molecular formula is C17H24N4O2S. The predicted molar refractivity (Wildman–Crippen MR) is 94.0 cm³/mol. The van der Waals surface area contributed by atoms with Crippen LogP contribution in [0.15, 0.2) is 42.6 Å². The van der Waals surface area contributed by atoms with Gasteiger partial charge in [-0.3, -0.25) is 0 Å². The summed E-state index contributed by atoms with van der Waals surface area (Å²) in [5.41, 5.74) is 1.64. The smallest absolute Gasteiger partial charge is 0.241 e. The summed E-state index contributed by atoms with van der Waals surface area (Å²) in [6, 6.07) is 11.7. The summed E-state index contributed by atoms with van der Waals surface area (Å²) >= 11 is 0. The third-order valence-corrected chi connectivity index (χ3v) is 6.13. The van der Waals surface area contributed by atoms with Gasteiger partial charge in [-0.05, 0) is 31.0 Å². The fraction of sp³-hybridized carbons (Fsp3) is 0.471. The Morgan fingerprint density at radius 1 is 1.17 bits per heavy atom. The first-order valence-electron chi connectivity index (χ1n) is 8.39. The predicted octanol–water partition coefficient (Wildman–Crippen LogP) is 2.47. The average Bonchev–Trinajstić information content (AvgIpc) is 3.10. The molecule has 1 heterocycles. The number of nitrogens with one attached hydrogen (secondary N) is 1. The van der Waals surface area contributed by atoms with Crippen LogP contribution in [0.4, 0.5) is 0 Å². The van der Waals surface area contributed by atoms with Crippen molar-refractivity contribution in [2.24, 2.45) is 0 Å². The van der Waals surface area contributed by atoms with Gasteiger partial charge in [-0.2, -0.15) is 22.5 Å². The maximum atomic E-state index is 12.5. The molecule has 0 radical (unpaired) electrons. The zero-order valence-electron chi connectivity index (χ0n) is 13.9. The molecule has 2 aromatic rings. The van der Waals surface area contributed by atoms with E-state index in [9.17, 15) is 8.42 Å². The molecule has 0 saturated heterocycles. The van der Waals surface area contributed by atoms with E-state index in [0.29, 0.717) is 5.69 Å². The van der Waals surface area contributed by atoms with Crippen LogP contribution in [0.5, 0.6) is 0 Å². The highest BCUT2D eigenvalue weighted by molar-refractivity contribution is 7.87. The van der Waals surface area contributed by atoms with Gasteiger partial charge in [0.25, 0.3) is 10.2 Å². The summed E-state index contributed by atoms with van der Waals surface area (Å²) in [6.45, 7) is 0.194. The standard InChI is InChI=1S/C17H24N4O2S/c1-20(16-8-4-2-5-9-16)24(22,23)18-14-15-12-13-21(19-15)17-10-6-3-7-11-17/h3,6-7,10-13,16,18H,2,4-5,8-9,14H2,1H3. The SMILES string of the molecule is CN(C1CCCCC1)S(=O)(=O)NCc1ccn(-c2ccccc2)n1. The van der Waals surface area contributed by atoms with Crippen molar-refractivity contribution >= 4 is 10.2 Å². The summed E-state index contributed by atoms with van der Waals surface area (Å²) in [4.78, 5) is 0. The normalized spacial score (nSPS) is 16.6. The van der Waals surface area contributed by atoms with Gasteiger partial charge in [0, 0.05) is 19.3 Å². The molecule has 1 aromatic carbocycles. The Bertz CT molecular complexity index is 752. The van der Waals surface area contributed by atoms with E-state index in [1.54, 1.807) is 11.7 Å². The number of hydrogen-bond acceptors (Lipinski definition) is 3. The summed E-state index contributed by atoms with van der Waals surface area (Å²) in [7, 11) is -1.81. The molecule has 1 saturated carbocycles. The molecular weight excluding hydrogens is 324 g/mol. The van der Waals surface area contributed by atoms with E-state index in [4.69, 9.17) is 0 Å². The number of hydrogen-bond donors (Lipinski definition) is 1. The van der Waals surface area contributed by atoms with Crippen LogP contribution in [-0.4, -0.2) is 35.6 Å². The van der Waals surface area contributed by atoms with E-state index in [1.165, 1.54) is 10.7 Å². The quantitative estimate of drug-likeness (QED) is 0.872. The van der Waals surface area contributed by atoms with E-state index < -0.39 is 10.2 Å². The van der Waals surface area contributed by atoms with Gasteiger partial charge in [-0.15, -0.1) is 0 Å². The summed E-state index contributed by atoms with van der Waals surface area (Å²) in [5.74, 6) is 0. The van der Waals surface area contributed by atoms with Gasteiger partial charge in [-0.1, -0.05) is 37.5 Å². The molecule has 1 fully saturated rings.